The minimum Gasteiger partial charge on any atom is -0.497 e. The van der Waals surface area contributed by atoms with E-state index < -0.39 is 0 Å². The molecule has 4 heteroatoms. The van der Waals surface area contributed by atoms with Crippen LogP contribution in [-0.2, 0) is 12.0 Å². The zero-order valence-corrected chi connectivity index (χ0v) is 15.6. The summed E-state index contributed by atoms with van der Waals surface area (Å²) >= 11 is 1.70. The molecule has 2 unspecified atom stereocenters. The van der Waals surface area contributed by atoms with Gasteiger partial charge in [0.05, 0.1) is 12.6 Å². The first kappa shape index (κ1) is 16.5. The van der Waals surface area contributed by atoms with Crippen LogP contribution in [0.1, 0.15) is 30.9 Å². The lowest BCUT2D eigenvalue weighted by Crippen LogP contribution is -2.37. The van der Waals surface area contributed by atoms with Crippen LogP contribution < -0.4 is 10.5 Å². The third-order valence-electron chi connectivity index (χ3n) is 5.63. The molecular weight excluding hydrogens is 328 g/mol. The largest absolute Gasteiger partial charge is 0.497 e. The number of fused-ring (bicyclic) bond motifs is 3. The Morgan fingerprint density at radius 2 is 2.04 bits per heavy atom. The van der Waals surface area contributed by atoms with Crippen molar-refractivity contribution in [2.45, 2.75) is 31.7 Å². The van der Waals surface area contributed by atoms with Crippen molar-refractivity contribution in [1.29, 1.82) is 0 Å². The number of methoxy groups -OCH3 is 1. The Hall–Kier alpha value is -1.94. The molecule has 25 heavy (non-hydrogen) atoms. The summed E-state index contributed by atoms with van der Waals surface area (Å²) in [6, 6.07) is 15.1. The predicted molar refractivity (Wildman–Crippen MR) is 106 cm³/mol. The first-order chi connectivity index (χ1) is 12.1. The van der Waals surface area contributed by atoms with Gasteiger partial charge in [-0.15, -0.1) is 0 Å². The van der Waals surface area contributed by atoms with Crippen molar-refractivity contribution in [3.05, 3.63) is 53.6 Å². The average molecular weight is 353 g/mol. The molecule has 0 aromatic heterocycles. The maximum atomic E-state index is 6.12. The first-order valence-electron chi connectivity index (χ1n) is 8.86. The number of nitrogens with two attached hydrogens (primary N) is 1. The number of ether oxygens (including phenoxy) is 1. The summed E-state index contributed by atoms with van der Waals surface area (Å²) in [6.07, 6.45) is 3.56. The van der Waals surface area contributed by atoms with E-state index in [0.29, 0.717) is 5.92 Å². The van der Waals surface area contributed by atoms with Gasteiger partial charge >= 0.3 is 0 Å². The normalized spacial score (nSPS) is 25.4. The fourth-order valence-corrected chi connectivity index (χ4v) is 5.25. The van der Waals surface area contributed by atoms with Gasteiger partial charge in [-0.25, -0.2) is 0 Å². The highest BCUT2D eigenvalue weighted by atomic mass is 32.2. The molecule has 0 spiro atoms. The lowest BCUT2D eigenvalue weighted by molar-refractivity contribution is 0.317. The summed E-state index contributed by atoms with van der Waals surface area (Å²) < 4.78 is 5.39. The van der Waals surface area contributed by atoms with E-state index in [9.17, 15) is 0 Å². The molecule has 2 aromatic rings. The highest BCUT2D eigenvalue weighted by Crippen LogP contribution is 2.46. The lowest BCUT2D eigenvalue weighted by atomic mass is 9.78. The molecule has 2 aliphatic rings. The number of thioether (sulfide) groups is 1. The Morgan fingerprint density at radius 3 is 2.88 bits per heavy atom. The summed E-state index contributed by atoms with van der Waals surface area (Å²) in [4.78, 5) is 4.94. The van der Waals surface area contributed by atoms with Crippen molar-refractivity contribution in [3.63, 3.8) is 0 Å². The van der Waals surface area contributed by atoms with Gasteiger partial charge in [0, 0.05) is 5.75 Å². The molecule has 0 saturated carbocycles. The van der Waals surface area contributed by atoms with Gasteiger partial charge in [-0.2, -0.15) is 0 Å². The molecule has 3 nitrogen and oxygen atoms in total. The highest BCUT2D eigenvalue weighted by Gasteiger charge is 2.41. The molecule has 4 rings (SSSR count). The molecule has 0 amide bonds. The molecular formula is C21H24N2OS. The molecule has 1 heterocycles. The van der Waals surface area contributed by atoms with Gasteiger partial charge in [0.2, 0.25) is 0 Å². The minimum absolute atomic E-state index is 0.212. The molecule has 1 aliphatic heterocycles. The number of aliphatic imine (C=N–C) groups is 1. The molecule has 0 saturated heterocycles. The second-order valence-corrected chi connectivity index (χ2v) is 8.14. The van der Waals surface area contributed by atoms with Crippen molar-refractivity contribution in [2.75, 3.05) is 12.9 Å². The standard InChI is InChI=1S/C21H24N2OS/c1-21-17(13-25-20(22)23-21)7-3-5-14-9-10-16(12-19(14)21)15-6-4-8-18(11-15)24-2/h4,6,8-12,17H,3,5,7,13H2,1-2H3,(H2,22,23). The molecule has 0 bridgehead atoms. The van der Waals surface area contributed by atoms with Crippen LogP contribution in [0, 0.1) is 5.92 Å². The Balaban J connectivity index is 1.85. The highest BCUT2D eigenvalue weighted by molar-refractivity contribution is 8.13. The van der Waals surface area contributed by atoms with E-state index in [-0.39, 0.29) is 5.54 Å². The maximum absolute atomic E-state index is 6.12. The van der Waals surface area contributed by atoms with E-state index in [1.807, 2.05) is 12.1 Å². The lowest BCUT2D eigenvalue weighted by Gasteiger charge is -2.37. The van der Waals surface area contributed by atoms with E-state index in [1.54, 1.807) is 18.9 Å². The SMILES string of the molecule is COc1cccc(-c2ccc3c(c2)C2(C)N=C(N)SCC2CCC3)c1. The van der Waals surface area contributed by atoms with Crippen LogP contribution in [-0.4, -0.2) is 18.0 Å². The maximum Gasteiger partial charge on any atom is 0.154 e. The zero-order chi connectivity index (χ0) is 17.4. The monoisotopic (exact) mass is 352 g/mol. The van der Waals surface area contributed by atoms with Gasteiger partial charge in [0.15, 0.2) is 5.17 Å². The third kappa shape index (κ3) is 2.93. The quantitative estimate of drug-likeness (QED) is 0.860. The van der Waals surface area contributed by atoms with E-state index in [2.05, 4.69) is 37.3 Å². The van der Waals surface area contributed by atoms with Gasteiger partial charge < -0.3 is 10.5 Å². The topological polar surface area (TPSA) is 47.6 Å². The molecule has 0 radical (unpaired) electrons. The van der Waals surface area contributed by atoms with Crippen LogP contribution in [0.2, 0.25) is 0 Å². The summed E-state index contributed by atoms with van der Waals surface area (Å²) in [5.41, 5.74) is 11.1. The number of hydrogen-bond acceptors (Lipinski definition) is 4. The van der Waals surface area contributed by atoms with Crippen LogP contribution in [0.4, 0.5) is 0 Å². The Kier molecular flexibility index (Phi) is 4.24. The smallest absolute Gasteiger partial charge is 0.154 e. The van der Waals surface area contributed by atoms with E-state index >= 15 is 0 Å². The van der Waals surface area contributed by atoms with E-state index in [1.165, 1.54) is 35.1 Å². The summed E-state index contributed by atoms with van der Waals surface area (Å²) in [5.74, 6) is 2.49. The summed E-state index contributed by atoms with van der Waals surface area (Å²) in [6.45, 7) is 2.27. The average Bonchev–Trinajstić information content (AvgIpc) is 2.77. The Morgan fingerprint density at radius 1 is 1.20 bits per heavy atom. The van der Waals surface area contributed by atoms with Crippen molar-refractivity contribution in [2.24, 2.45) is 16.6 Å². The number of nitrogens with zero attached hydrogens (tertiary/aromatic N) is 1. The van der Waals surface area contributed by atoms with Gasteiger partial charge in [0.1, 0.15) is 5.75 Å². The Bertz CT molecular complexity index is 832. The van der Waals surface area contributed by atoms with Crippen molar-refractivity contribution >= 4 is 16.9 Å². The third-order valence-corrected chi connectivity index (χ3v) is 6.58. The predicted octanol–water partition coefficient (Wildman–Crippen LogP) is 4.59. The fourth-order valence-electron chi connectivity index (χ4n) is 4.13. The number of hydrogen-bond donors (Lipinski definition) is 1. The van der Waals surface area contributed by atoms with Crippen LogP contribution in [0.3, 0.4) is 0 Å². The van der Waals surface area contributed by atoms with E-state index in [4.69, 9.17) is 15.5 Å². The summed E-state index contributed by atoms with van der Waals surface area (Å²) in [5, 5.41) is 0.721. The second kappa shape index (κ2) is 6.41. The number of amidine groups is 1. The Labute approximate surface area is 153 Å². The van der Waals surface area contributed by atoms with E-state index in [0.717, 1.165) is 23.1 Å². The summed E-state index contributed by atoms with van der Waals surface area (Å²) in [7, 11) is 1.71. The number of rotatable bonds is 2. The molecule has 1 aliphatic carbocycles. The van der Waals surface area contributed by atoms with Crippen molar-refractivity contribution < 1.29 is 4.74 Å². The number of benzene rings is 2. The van der Waals surface area contributed by atoms with Crippen LogP contribution in [0.15, 0.2) is 47.5 Å². The molecule has 2 aromatic carbocycles. The van der Waals surface area contributed by atoms with Gasteiger partial charge in [0.25, 0.3) is 0 Å². The molecule has 2 N–H and O–H groups in total. The molecule has 0 fully saturated rings. The minimum atomic E-state index is -0.212. The van der Waals surface area contributed by atoms with Crippen LogP contribution >= 0.6 is 11.8 Å². The fraction of sp³-hybridized carbons (Fsp3) is 0.381. The van der Waals surface area contributed by atoms with Crippen LogP contribution in [0.25, 0.3) is 11.1 Å². The van der Waals surface area contributed by atoms with Crippen molar-refractivity contribution in [1.82, 2.24) is 0 Å². The molecule has 2 atom stereocenters. The number of aryl methyl sites for hydroxylation is 1. The first-order valence-corrected chi connectivity index (χ1v) is 9.84. The second-order valence-electron chi connectivity index (χ2n) is 7.10. The molecule has 130 valence electrons. The zero-order valence-electron chi connectivity index (χ0n) is 14.8. The van der Waals surface area contributed by atoms with Gasteiger partial charge in [-0.05, 0) is 72.6 Å². The van der Waals surface area contributed by atoms with Gasteiger partial charge in [-0.3, -0.25) is 4.99 Å². The van der Waals surface area contributed by atoms with Gasteiger partial charge in [-0.1, -0.05) is 36.0 Å². The van der Waals surface area contributed by atoms with Crippen molar-refractivity contribution in [3.8, 4) is 16.9 Å². The van der Waals surface area contributed by atoms with Crippen LogP contribution in [0.5, 0.6) is 5.75 Å².